The van der Waals surface area contributed by atoms with E-state index in [2.05, 4.69) is 42.8 Å². The molecule has 3 heterocycles. The van der Waals surface area contributed by atoms with Crippen LogP contribution in [0.3, 0.4) is 0 Å². The molecular weight excluding hydrogens is 266 g/mol. The molecule has 1 aromatic rings. The SMILES string of the molecule is CC1OC(C)C(c2nc(N3CCCC(N)C3C)n[nH]2)C1C. The van der Waals surface area contributed by atoms with E-state index in [1.54, 1.807) is 0 Å². The molecule has 2 fully saturated rings. The number of hydrogen-bond acceptors (Lipinski definition) is 5. The van der Waals surface area contributed by atoms with Crippen LogP contribution in [0.4, 0.5) is 5.95 Å². The van der Waals surface area contributed by atoms with Gasteiger partial charge in [0.2, 0.25) is 5.95 Å². The summed E-state index contributed by atoms with van der Waals surface area (Å²) in [6, 6.07) is 0.490. The molecule has 0 amide bonds. The molecule has 6 atom stereocenters. The summed E-state index contributed by atoms with van der Waals surface area (Å²) in [7, 11) is 0. The van der Waals surface area contributed by atoms with Gasteiger partial charge in [-0.3, -0.25) is 5.10 Å². The van der Waals surface area contributed by atoms with Gasteiger partial charge in [-0.05, 0) is 39.5 Å². The zero-order chi connectivity index (χ0) is 15.1. The van der Waals surface area contributed by atoms with Gasteiger partial charge in [-0.1, -0.05) is 6.92 Å². The lowest BCUT2D eigenvalue weighted by molar-refractivity contribution is 0.0553. The summed E-state index contributed by atoms with van der Waals surface area (Å²) in [5.41, 5.74) is 6.17. The van der Waals surface area contributed by atoms with E-state index in [0.717, 1.165) is 31.2 Å². The van der Waals surface area contributed by atoms with Crippen LogP contribution >= 0.6 is 0 Å². The summed E-state index contributed by atoms with van der Waals surface area (Å²) in [5, 5.41) is 7.58. The second-order valence-electron chi connectivity index (χ2n) is 6.69. The van der Waals surface area contributed by atoms with Gasteiger partial charge in [-0.25, -0.2) is 0 Å². The Morgan fingerprint density at radius 2 is 2.00 bits per heavy atom. The average Bonchev–Trinajstić information content (AvgIpc) is 2.99. The van der Waals surface area contributed by atoms with Crippen molar-refractivity contribution in [2.24, 2.45) is 11.7 Å². The van der Waals surface area contributed by atoms with Gasteiger partial charge in [0, 0.05) is 24.5 Å². The van der Waals surface area contributed by atoms with Crippen molar-refractivity contribution in [1.82, 2.24) is 15.2 Å². The summed E-state index contributed by atoms with van der Waals surface area (Å²) in [6.07, 6.45) is 2.63. The molecule has 3 N–H and O–H groups in total. The van der Waals surface area contributed by atoms with Crippen molar-refractivity contribution in [2.45, 2.75) is 70.7 Å². The van der Waals surface area contributed by atoms with E-state index in [4.69, 9.17) is 15.5 Å². The van der Waals surface area contributed by atoms with Crippen LogP contribution < -0.4 is 10.6 Å². The predicted octanol–water partition coefficient (Wildman–Crippen LogP) is 1.65. The summed E-state index contributed by atoms with van der Waals surface area (Å²) in [5.74, 6) is 2.46. The molecule has 2 aliphatic heterocycles. The number of nitrogens with zero attached hydrogens (tertiary/aromatic N) is 3. The number of rotatable bonds is 2. The molecular formula is C15H27N5O. The first kappa shape index (κ1) is 14.8. The summed E-state index contributed by atoms with van der Waals surface area (Å²) < 4.78 is 5.91. The van der Waals surface area contributed by atoms with Crippen molar-refractivity contribution >= 4 is 5.95 Å². The molecule has 0 radical (unpaired) electrons. The van der Waals surface area contributed by atoms with Gasteiger partial charge in [0.15, 0.2) is 0 Å². The third-order valence-electron chi connectivity index (χ3n) is 5.35. The van der Waals surface area contributed by atoms with Crippen LogP contribution in [0.5, 0.6) is 0 Å². The van der Waals surface area contributed by atoms with Crippen LogP contribution in [-0.2, 0) is 4.74 Å². The van der Waals surface area contributed by atoms with Gasteiger partial charge in [-0.2, -0.15) is 4.98 Å². The Morgan fingerprint density at radius 1 is 1.24 bits per heavy atom. The topological polar surface area (TPSA) is 80.1 Å². The fraction of sp³-hybridized carbons (Fsp3) is 0.867. The van der Waals surface area contributed by atoms with Gasteiger partial charge in [0.1, 0.15) is 5.82 Å². The fourth-order valence-corrected chi connectivity index (χ4v) is 3.74. The highest BCUT2D eigenvalue weighted by Crippen LogP contribution is 2.38. The lowest BCUT2D eigenvalue weighted by Gasteiger charge is -2.36. The summed E-state index contributed by atoms with van der Waals surface area (Å²) in [4.78, 5) is 6.98. The van der Waals surface area contributed by atoms with Gasteiger partial charge in [-0.15, -0.1) is 5.10 Å². The maximum absolute atomic E-state index is 6.17. The van der Waals surface area contributed by atoms with E-state index < -0.39 is 0 Å². The van der Waals surface area contributed by atoms with Crippen LogP contribution in [0.15, 0.2) is 0 Å². The minimum absolute atomic E-state index is 0.178. The van der Waals surface area contributed by atoms with E-state index in [9.17, 15) is 0 Å². The first-order chi connectivity index (χ1) is 9.99. The van der Waals surface area contributed by atoms with Crippen LogP contribution in [0.1, 0.15) is 52.3 Å². The smallest absolute Gasteiger partial charge is 0.245 e. The molecule has 2 saturated heterocycles. The minimum Gasteiger partial charge on any atom is -0.374 e. The third-order valence-corrected chi connectivity index (χ3v) is 5.35. The number of piperidine rings is 1. The van der Waals surface area contributed by atoms with Gasteiger partial charge in [0.25, 0.3) is 0 Å². The van der Waals surface area contributed by atoms with Crippen molar-refractivity contribution in [3.8, 4) is 0 Å². The van der Waals surface area contributed by atoms with Crippen molar-refractivity contribution in [2.75, 3.05) is 11.4 Å². The Bertz CT molecular complexity index is 490. The Balaban J connectivity index is 1.80. The molecule has 3 rings (SSSR count). The van der Waals surface area contributed by atoms with E-state index in [-0.39, 0.29) is 30.2 Å². The van der Waals surface area contributed by atoms with Crippen LogP contribution in [0, 0.1) is 5.92 Å². The molecule has 2 aliphatic rings. The second-order valence-corrected chi connectivity index (χ2v) is 6.69. The first-order valence-electron chi connectivity index (χ1n) is 8.09. The molecule has 6 heteroatoms. The molecule has 0 aliphatic carbocycles. The maximum Gasteiger partial charge on any atom is 0.245 e. The molecule has 0 saturated carbocycles. The van der Waals surface area contributed by atoms with Crippen molar-refractivity contribution < 1.29 is 4.74 Å². The monoisotopic (exact) mass is 293 g/mol. The lowest BCUT2D eigenvalue weighted by Crippen LogP contribution is -2.51. The number of aromatic amines is 1. The van der Waals surface area contributed by atoms with E-state index >= 15 is 0 Å². The highest BCUT2D eigenvalue weighted by atomic mass is 16.5. The van der Waals surface area contributed by atoms with E-state index in [1.807, 2.05) is 0 Å². The van der Waals surface area contributed by atoms with Gasteiger partial charge in [0.05, 0.1) is 12.2 Å². The number of aromatic nitrogens is 3. The maximum atomic E-state index is 6.17. The van der Waals surface area contributed by atoms with Crippen LogP contribution in [0.2, 0.25) is 0 Å². The minimum atomic E-state index is 0.178. The number of hydrogen-bond donors (Lipinski definition) is 2. The predicted molar refractivity (Wildman–Crippen MR) is 82.3 cm³/mol. The average molecular weight is 293 g/mol. The van der Waals surface area contributed by atoms with E-state index in [1.165, 1.54) is 0 Å². The number of H-pyrrole nitrogens is 1. The number of nitrogens with one attached hydrogen (secondary N) is 1. The number of anilines is 1. The molecule has 21 heavy (non-hydrogen) atoms. The third kappa shape index (κ3) is 2.55. The lowest BCUT2D eigenvalue weighted by atomic mass is 9.89. The largest absolute Gasteiger partial charge is 0.374 e. The van der Waals surface area contributed by atoms with Crippen molar-refractivity contribution in [3.05, 3.63) is 5.82 Å². The zero-order valence-electron chi connectivity index (χ0n) is 13.4. The highest BCUT2D eigenvalue weighted by molar-refractivity contribution is 5.33. The molecule has 118 valence electrons. The van der Waals surface area contributed by atoms with E-state index in [0.29, 0.717) is 5.92 Å². The highest BCUT2D eigenvalue weighted by Gasteiger charge is 2.40. The second kappa shape index (κ2) is 5.57. The Morgan fingerprint density at radius 3 is 2.67 bits per heavy atom. The Labute approximate surface area is 126 Å². The van der Waals surface area contributed by atoms with Gasteiger partial charge >= 0.3 is 0 Å². The number of ether oxygens (including phenoxy) is 1. The Kier molecular flexibility index (Phi) is 3.92. The number of nitrogens with two attached hydrogens (primary N) is 1. The summed E-state index contributed by atoms with van der Waals surface area (Å²) in [6.45, 7) is 9.61. The summed E-state index contributed by atoms with van der Waals surface area (Å²) >= 11 is 0. The molecule has 0 spiro atoms. The van der Waals surface area contributed by atoms with Crippen molar-refractivity contribution in [3.63, 3.8) is 0 Å². The molecule has 1 aromatic heterocycles. The molecule has 0 aromatic carbocycles. The normalized spacial score (nSPS) is 40.7. The van der Waals surface area contributed by atoms with Crippen LogP contribution in [-0.4, -0.2) is 46.0 Å². The molecule has 6 nitrogen and oxygen atoms in total. The van der Waals surface area contributed by atoms with Crippen LogP contribution in [0.25, 0.3) is 0 Å². The molecule has 6 unspecified atom stereocenters. The first-order valence-corrected chi connectivity index (χ1v) is 8.09. The standard InChI is InChI=1S/C15H27N5O/c1-8-10(3)21-11(4)13(8)14-17-15(19-18-14)20-7-5-6-12(16)9(20)2/h8-13H,5-7,16H2,1-4H3,(H,17,18,19). The molecule has 0 bridgehead atoms. The fourth-order valence-electron chi connectivity index (χ4n) is 3.74. The van der Waals surface area contributed by atoms with Gasteiger partial charge < -0.3 is 15.4 Å². The zero-order valence-corrected chi connectivity index (χ0v) is 13.4. The quantitative estimate of drug-likeness (QED) is 0.866. The Hall–Kier alpha value is -1.14. The van der Waals surface area contributed by atoms with Crippen molar-refractivity contribution in [1.29, 1.82) is 0 Å².